The lowest BCUT2D eigenvalue weighted by molar-refractivity contribution is -0.123. The highest BCUT2D eigenvalue weighted by Crippen LogP contribution is 2.17. The Morgan fingerprint density at radius 1 is 1.29 bits per heavy atom. The second kappa shape index (κ2) is 7.48. The van der Waals surface area contributed by atoms with Crippen LogP contribution in [0, 0.1) is 6.92 Å². The first kappa shape index (κ1) is 15.9. The molecular formula is C16H18ClNO2S. The van der Waals surface area contributed by atoms with Crippen LogP contribution >= 0.6 is 22.9 Å². The lowest BCUT2D eigenvalue weighted by Gasteiger charge is -2.13. The molecule has 1 N–H and O–H groups in total. The molecule has 0 bridgehead atoms. The number of nitrogens with one attached hydrogen (secondary N) is 1. The van der Waals surface area contributed by atoms with Gasteiger partial charge in [-0.05, 0) is 50.2 Å². The third-order valence-electron chi connectivity index (χ3n) is 2.89. The third kappa shape index (κ3) is 5.40. The summed E-state index contributed by atoms with van der Waals surface area (Å²) in [5.74, 6) is 0.516. The maximum atomic E-state index is 11.8. The molecule has 0 fully saturated rings. The molecular weight excluding hydrogens is 306 g/mol. The number of halogens is 1. The quantitative estimate of drug-likeness (QED) is 0.877. The number of ether oxygens (including phenoxy) is 1. The van der Waals surface area contributed by atoms with E-state index in [1.54, 1.807) is 35.6 Å². The topological polar surface area (TPSA) is 38.3 Å². The number of hydrogen-bond acceptors (Lipinski definition) is 3. The Morgan fingerprint density at radius 3 is 2.62 bits per heavy atom. The van der Waals surface area contributed by atoms with Crippen LogP contribution in [0.4, 0.5) is 0 Å². The van der Waals surface area contributed by atoms with Crippen molar-refractivity contribution in [3.05, 3.63) is 51.2 Å². The molecule has 1 atom stereocenters. The molecule has 1 aromatic carbocycles. The number of amides is 1. The summed E-state index contributed by atoms with van der Waals surface area (Å²) in [6.45, 7) is 4.09. The van der Waals surface area contributed by atoms with E-state index in [9.17, 15) is 4.79 Å². The van der Waals surface area contributed by atoms with Crippen molar-refractivity contribution < 1.29 is 9.53 Å². The molecule has 1 heterocycles. The number of aryl methyl sites for hydroxylation is 1. The molecule has 1 amide bonds. The van der Waals surface area contributed by atoms with E-state index in [1.165, 1.54) is 9.75 Å². The number of carbonyl (C=O) groups excluding carboxylic acids is 1. The van der Waals surface area contributed by atoms with Crippen LogP contribution in [0.3, 0.4) is 0 Å². The van der Waals surface area contributed by atoms with Gasteiger partial charge in [0.1, 0.15) is 5.75 Å². The van der Waals surface area contributed by atoms with E-state index in [0.29, 0.717) is 10.8 Å². The lowest BCUT2D eigenvalue weighted by atomic mass is 10.2. The molecule has 5 heteroatoms. The average molecular weight is 324 g/mol. The smallest absolute Gasteiger partial charge is 0.258 e. The molecule has 2 rings (SSSR count). The molecule has 0 radical (unpaired) electrons. The molecule has 1 aromatic heterocycles. The van der Waals surface area contributed by atoms with E-state index in [-0.39, 0.29) is 18.6 Å². The fraction of sp³-hybridized carbons (Fsp3) is 0.312. The molecule has 21 heavy (non-hydrogen) atoms. The Labute approximate surface area is 133 Å². The predicted octanol–water partition coefficient (Wildman–Crippen LogP) is 3.84. The van der Waals surface area contributed by atoms with Crippen molar-refractivity contribution in [2.45, 2.75) is 26.3 Å². The van der Waals surface area contributed by atoms with Crippen molar-refractivity contribution in [3.8, 4) is 5.75 Å². The zero-order valence-corrected chi connectivity index (χ0v) is 13.6. The predicted molar refractivity (Wildman–Crippen MR) is 87.3 cm³/mol. The molecule has 3 nitrogen and oxygen atoms in total. The zero-order chi connectivity index (χ0) is 15.2. The van der Waals surface area contributed by atoms with Crippen LogP contribution in [0.2, 0.25) is 5.02 Å². The molecule has 1 unspecified atom stereocenters. The van der Waals surface area contributed by atoms with Gasteiger partial charge < -0.3 is 10.1 Å². The summed E-state index contributed by atoms with van der Waals surface area (Å²) in [4.78, 5) is 14.4. The number of rotatable bonds is 6. The van der Waals surface area contributed by atoms with Gasteiger partial charge in [-0.25, -0.2) is 0 Å². The summed E-state index contributed by atoms with van der Waals surface area (Å²) in [5.41, 5.74) is 0. The SMILES string of the molecule is Cc1ccc(CC(C)NC(=O)COc2ccc(Cl)cc2)s1. The zero-order valence-electron chi connectivity index (χ0n) is 12.1. The minimum atomic E-state index is -0.120. The van der Waals surface area contributed by atoms with Gasteiger partial charge in [0.05, 0.1) is 0 Å². The van der Waals surface area contributed by atoms with Crippen LogP contribution in [0.5, 0.6) is 5.75 Å². The largest absolute Gasteiger partial charge is 0.484 e. The highest BCUT2D eigenvalue weighted by atomic mass is 35.5. The Bertz CT molecular complexity index is 595. The summed E-state index contributed by atoms with van der Waals surface area (Å²) >= 11 is 7.55. The van der Waals surface area contributed by atoms with Gasteiger partial charge in [-0.3, -0.25) is 4.79 Å². The first-order chi connectivity index (χ1) is 10.0. The molecule has 2 aromatic rings. The van der Waals surface area contributed by atoms with Crippen LogP contribution in [0.25, 0.3) is 0 Å². The summed E-state index contributed by atoms with van der Waals surface area (Å²) < 4.78 is 5.41. The van der Waals surface area contributed by atoms with E-state index in [0.717, 1.165) is 6.42 Å². The van der Waals surface area contributed by atoms with Gasteiger partial charge in [0.15, 0.2) is 6.61 Å². The van der Waals surface area contributed by atoms with Gasteiger partial charge >= 0.3 is 0 Å². The van der Waals surface area contributed by atoms with Crippen LogP contribution in [-0.4, -0.2) is 18.6 Å². The van der Waals surface area contributed by atoms with Crippen LogP contribution < -0.4 is 10.1 Å². The molecule has 0 aliphatic carbocycles. The van der Waals surface area contributed by atoms with Crippen molar-refractivity contribution >= 4 is 28.8 Å². The Hall–Kier alpha value is -1.52. The minimum absolute atomic E-state index is 0.00937. The van der Waals surface area contributed by atoms with Crippen LogP contribution in [0.1, 0.15) is 16.7 Å². The van der Waals surface area contributed by atoms with Gasteiger partial charge in [-0.2, -0.15) is 0 Å². The van der Waals surface area contributed by atoms with Crippen LogP contribution in [-0.2, 0) is 11.2 Å². The van der Waals surface area contributed by atoms with Gasteiger partial charge in [0.25, 0.3) is 5.91 Å². The molecule has 112 valence electrons. The molecule has 0 spiro atoms. The van der Waals surface area contributed by atoms with Gasteiger partial charge in [0, 0.05) is 27.2 Å². The lowest BCUT2D eigenvalue weighted by Crippen LogP contribution is -2.37. The standard InChI is InChI=1S/C16H18ClNO2S/c1-11(9-15-8-3-12(2)21-15)18-16(19)10-20-14-6-4-13(17)5-7-14/h3-8,11H,9-10H2,1-2H3,(H,18,19). The first-order valence-corrected chi connectivity index (χ1v) is 7.95. The van der Waals surface area contributed by atoms with Crippen molar-refractivity contribution in [2.24, 2.45) is 0 Å². The Balaban J connectivity index is 1.74. The van der Waals surface area contributed by atoms with E-state index in [1.807, 2.05) is 6.92 Å². The van der Waals surface area contributed by atoms with Gasteiger partial charge in [0.2, 0.25) is 0 Å². The number of thiophene rings is 1. The number of hydrogen-bond donors (Lipinski definition) is 1. The van der Waals surface area contributed by atoms with Crippen molar-refractivity contribution in [2.75, 3.05) is 6.61 Å². The third-order valence-corrected chi connectivity index (χ3v) is 4.17. The van der Waals surface area contributed by atoms with E-state index in [4.69, 9.17) is 16.3 Å². The number of carbonyl (C=O) groups is 1. The molecule has 0 aliphatic heterocycles. The summed E-state index contributed by atoms with van der Waals surface area (Å²) in [7, 11) is 0. The monoisotopic (exact) mass is 323 g/mol. The van der Waals surface area contributed by atoms with E-state index >= 15 is 0 Å². The van der Waals surface area contributed by atoms with Crippen molar-refractivity contribution in [1.29, 1.82) is 0 Å². The maximum absolute atomic E-state index is 11.8. The fourth-order valence-corrected chi connectivity index (χ4v) is 3.09. The van der Waals surface area contributed by atoms with E-state index in [2.05, 4.69) is 24.4 Å². The molecule has 0 aliphatic rings. The van der Waals surface area contributed by atoms with Gasteiger partial charge in [-0.1, -0.05) is 11.6 Å². The number of benzene rings is 1. The Morgan fingerprint density at radius 2 is 2.00 bits per heavy atom. The van der Waals surface area contributed by atoms with Gasteiger partial charge in [-0.15, -0.1) is 11.3 Å². The second-order valence-corrected chi connectivity index (χ2v) is 6.74. The summed E-state index contributed by atoms with van der Waals surface area (Å²) in [6, 6.07) is 11.2. The maximum Gasteiger partial charge on any atom is 0.258 e. The molecule has 0 saturated heterocycles. The highest BCUT2D eigenvalue weighted by Gasteiger charge is 2.10. The van der Waals surface area contributed by atoms with E-state index < -0.39 is 0 Å². The summed E-state index contributed by atoms with van der Waals surface area (Å²) in [6.07, 6.45) is 0.838. The fourth-order valence-electron chi connectivity index (χ4n) is 1.94. The van der Waals surface area contributed by atoms with Crippen LogP contribution in [0.15, 0.2) is 36.4 Å². The highest BCUT2D eigenvalue weighted by molar-refractivity contribution is 7.11. The Kier molecular flexibility index (Phi) is 5.65. The average Bonchev–Trinajstić information content (AvgIpc) is 2.83. The summed E-state index contributed by atoms with van der Waals surface area (Å²) in [5, 5.41) is 3.58. The van der Waals surface area contributed by atoms with Crippen molar-refractivity contribution in [3.63, 3.8) is 0 Å². The normalized spacial score (nSPS) is 12.0. The second-order valence-electron chi connectivity index (χ2n) is 4.93. The minimum Gasteiger partial charge on any atom is -0.484 e. The van der Waals surface area contributed by atoms with Crippen molar-refractivity contribution in [1.82, 2.24) is 5.32 Å². The first-order valence-electron chi connectivity index (χ1n) is 6.76. The molecule has 0 saturated carbocycles.